The van der Waals surface area contributed by atoms with Gasteiger partial charge >= 0.3 is 0 Å². The van der Waals surface area contributed by atoms with E-state index in [1.807, 2.05) is 37.5 Å². The van der Waals surface area contributed by atoms with Crippen LogP contribution in [0, 0.1) is 0 Å². The lowest BCUT2D eigenvalue weighted by atomic mass is 10.1. The zero-order valence-corrected chi connectivity index (χ0v) is 20.2. The standard InChI is InChI=1S/C26H29N7O2/c1-17(2)33-10-7-22(8-11-33)35-25-14-19(6-9-27-25)26(34)29-24-13-21-12-18(4-5-20(21)15-28-24)23-16-32(3)31-30-23/h4-6,9,12-17,22H,7-8,10-11H2,1-3H3,(H,28,29,34). The number of carbonyl (C=O) groups excluding carboxylic acids is 1. The Labute approximate surface area is 204 Å². The quantitative estimate of drug-likeness (QED) is 0.455. The van der Waals surface area contributed by atoms with Crippen molar-refractivity contribution in [3.63, 3.8) is 0 Å². The summed E-state index contributed by atoms with van der Waals surface area (Å²) in [5.74, 6) is 0.684. The third kappa shape index (κ3) is 5.30. The number of hydrogen-bond donors (Lipinski definition) is 1. The van der Waals surface area contributed by atoms with E-state index in [1.54, 1.807) is 29.2 Å². The topological polar surface area (TPSA) is 98.1 Å². The van der Waals surface area contributed by atoms with Crippen LogP contribution in [0.1, 0.15) is 37.0 Å². The summed E-state index contributed by atoms with van der Waals surface area (Å²) in [6.07, 6.45) is 7.23. The lowest BCUT2D eigenvalue weighted by Crippen LogP contribution is -2.41. The van der Waals surface area contributed by atoms with Gasteiger partial charge in [-0.2, -0.15) is 0 Å². The molecule has 1 aliphatic heterocycles. The molecule has 1 amide bonds. The average molecular weight is 472 g/mol. The molecule has 35 heavy (non-hydrogen) atoms. The minimum absolute atomic E-state index is 0.112. The van der Waals surface area contributed by atoms with Gasteiger partial charge in [0.15, 0.2) is 0 Å². The smallest absolute Gasteiger partial charge is 0.257 e. The third-order valence-corrected chi connectivity index (χ3v) is 6.35. The highest BCUT2D eigenvalue weighted by Crippen LogP contribution is 2.25. The Hall–Kier alpha value is -3.85. The summed E-state index contributed by atoms with van der Waals surface area (Å²) in [6, 6.07) is 11.7. The van der Waals surface area contributed by atoms with Crippen LogP contribution < -0.4 is 10.1 Å². The molecule has 9 nitrogen and oxygen atoms in total. The van der Waals surface area contributed by atoms with Crippen LogP contribution >= 0.6 is 0 Å². The number of ether oxygens (including phenoxy) is 1. The molecule has 1 aliphatic rings. The van der Waals surface area contributed by atoms with Crippen molar-refractivity contribution in [1.82, 2.24) is 29.9 Å². The van der Waals surface area contributed by atoms with Gasteiger partial charge in [-0.3, -0.25) is 9.48 Å². The molecule has 0 aliphatic carbocycles. The van der Waals surface area contributed by atoms with Gasteiger partial charge in [-0.1, -0.05) is 17.3 Å². The van der Waals surface area contributed by atoms with Gasteiger partial charge in [0.05, 0.1) is 6.20 Å². The summed E-state index contributed by atoms with van der Waals surface area (Å²) in [6.45, 7) is 6.45. The number of likely N-dealkylation sites (tertiary alicyclic amines) is 1. The second-order valence-electron chi connectivity index (χ2n) is 9.19. The monoisotopic (exact) mass is 471 g/mol. The van der Waals surface area contributed by atoms with Crippen molar-refractivity contribution in [3.8, 4) is 17.1 Å². The maximum atomic E-state index is 12.9. The molecule has 1 fully saturated rings. The van der Waals surface area contributed by atoms with E-state index < -0.39 is 0 Å². The summed E-state index contributed by atoms with van der Waals surface area (Å²) in [5.41, 5.74) is 2.21. The van der Waals surface area contributed by atoms with E-state index in [0.29, 0.717) is 23.3 Å². The maximum Gasteiger partial charge on any atom is 0.257 e. The lowest BCUT2D eigenvalue weighted by molar-refractivity contribution is 0.0810. The van der Waals surface area contributed by atoms with Gasteiger partial charge in [0.2, 0.25) is 5.88 Å². The minimum Gasteiger partial charge on any atom is -0.474 e. The van der Waals surface area contributed by atoms with Gasteiger partial charge in [-0.25, -0.2) is 9.97 Å². The first kappa shape index (κ1) is 22.9. The Morgan fingerprint density at radius 3 is 2.66 bits per heavy atom. The van der Waals surface area contributed by atoms with Crippen LogP contribution in [0.5, 0.6) is 5.88 Å². The average Bonchev–Trinajstić information content (AvgIpc) is 3.30. The summed E-state index contributed by atoms with van der Waals surface area (Å²) in [4.78, 5) is 24.1. The molecule has 180 valence electrons. The summed E-state index contributed by atoms with van der Waals surface area (Å²) in [5, 5.41) is 13.0. The van der Waals surface area contributed by atoms with E-state index in [9.17, 15) is 4.79 Å². The number of hydrogen-bond acceptors (Lipinski definition) is 7. The number of aromatic nitrogens is 5. The van der Waals surface area contributed by atoms with Crippen molar-refractivity contribution >= 4 is 22.5 Å². The highest BCUT2D eigenvalue weighted by molar-refractivity contribution is 6.04. The molecule has 4 aromatic rings. The van der Waals surface area contributed by atoms with Crippen LogP contribution in [0.15, 0.2) is 55.0 Å². The van der Waals surface area contributed by atoms with Crippen LogP contribution in [-0.4, -0.2) is 61.0 Å². The molecule has 0 spiro atoms. The fourth-order valence-electron chi connectivity index (χ4n) is 4.33. The molecular weight excluding hydrogens is 442 g/mol. The highest BCUT2D eigenvalue weighted by Gasteiger charge is 2.22. The van der Waals surface area contributed by atoms with Crippen LogP contribution in [0.4, 0.5) is 5.82 Å². The zero-order chi connectivity index (χ0) is 24.4. The number of rotatable bonds is 6. The van der Waals surface area contributed by atoms with Crippen LogP contribution in [0.3, 0.4) is 0 Å². The molecule has 1 N–H and O–H groups in total. The van der Waals surface area contributed by atoms with Crippen molar-refractivity contribution in [2.24, 2.45) is 7.05 Å². The molecule has 1 aromatic carbocycles. The fourth-order valence-corrected chi connectivity index (χ4v) is 4.33. The number of benzene rings is 1. The summed E-state index contributed by atoms with van der Waals surface area (Å²) >= 11 is 0. The maximum absolute atomic E-state index is 12.9. The van der Waals surface area contributed by atoms with Gasteiger partial charge in [0.25, 0.3) is 5.91 Å². The van der Waals surface area contributed by atoms with Gasteiger partial charge in [-0.05, 0) is 50.3 Å². The zero-order valence-electron chi connectivity index (χ0n) is 20.2. The molecular formula is C26H29N7O2. The van der Waals surface area contributed by atoms with Crippen molar-refractivity contribution in [1.29, 1.82) is 0 Å². The summed E-state index contributed by atoms with van der Waals surface area (Å²) < 4.78 is 7.76. The van der Waals surface area contributed by atoms with E-state index in [1.165, 1.54) is 0 Å². The number of nitrogens with zero attached hydrogens (tertiary/aromatic N) is 6. The fraction of sp³-hybridized carbons (Fsp3) is 0.346. The number of piperidine rings is 1. The molecule has 0 bridgehead atoms. The van der Waals surface area contributed by atoms with Gasteiger partial charge in [0, 0.05) is 61.2 Å². The molecule has 4 heterocycles. The van der Waals surface area contributed by atoms with E-state index in [0.717, 1.165) is 48.0 Å². The van der Waals surface area contributed by atoms with E-state index in [4.69, 9.17) is 4.74 Å². The molecule has 0 saturated carbocycles. The van der Waals surface area contributed by atoms with Crippen molar-refractivity contribution in [2.45, 2.75) is 38.8 Å². The molecule has 3 aromatic heterocycles. The second kappa shape index (κ2) is 9.79. The van der Waals surface area contributed by atoms with Crippen molar-refractivity contribution in [3.05, 3.63) is 60.6 Å². The number of amides is 1. The van der Waals surface area contributed by atoms with Crippen molar-refractivity contribution < 1.29 is 9.53 Å². The number of nitrogens with one attached hydrogen (secondary N) is 1. The Balaban J connectivity index is 1.27. The molecule has 0 atom stereocenters. The number of carbonyl (C=O) groups is 1. The van der Waals surface area contributed by atoms with E-state index in [-0.39, 0.29) is 12.0 Å². The van der Waals surface area contributed by atoms with Gasteiger partial charge in [0.1, 0.15) is 17.6 Å². The predicted octanol–water partition coefficient (Wildman–Crippen LogP) is 3.93. The lowest BCUT2D eigenvalue weighted by Gasteiger charge is -2.34. The van der Waals surface area contributed by atoms with Crippen LogP contribution in [0.25, 0.3) is 22.0 Å². The highest BCUT2D eigenvalue weighted by atomic mass is 16.5. The van der Waals surface area contributed by atoms with E-state index in [2.05, 4.69) is 44.3 Å². The van der Waals surface area contributed by atoms with E-state index >= 15 is 0 Å². The van der Waals surface area contributed by atoms with Crippen molar-refractivity contribution in [2.75, 3.05) is 18.4 Å². The SMILES string of the molecule is CC(C)N1CCC(Oc2cc(C(=O)Nc3cc4cc(-c5cn(C)nn5)ccc4cn3)ccn2)CC1. The van der Waals surface area contributed by atoms with Gasteiger partial charge in [-0.15, -0.1) is 5.10 Å². The first-order valence-electron chi connectivity index (χ1n) is 11.9. The number of fused-ring (bicyclic) bond motifs is 1. The minimum atomic E-state index is -0.260. The number of pyridine rings is 2. The largest absolute Gasteiger partial charge is 0.474 e. The Bertz CT molecular complexity index is 1340. The first-order chi connectivity index (χ1) is 16.9. The predicted molar refractivity (Wildman–Crippen MR) is 134 cm³/mol. The normalized spacial score (nSPS) is 15.0. The number of anilines is 1. The Morgan fingerprint density at radius 1 is 1.09 bits per heavy atom. The molecule has 0 unspecified atom stereocenters. The molecule has 5 rings (SSSR count). The Kier molecular flexibility index (Phi) is 6.41. The first-order valence-corrected chi connectivity index (χ1v) is 11.9. The molecule has 9 heteroatoms. The molecule has 1 saturated heterocycles. The summed E-state index contributed by atoms with van der Waals surface area (Å²) in [7, 11) is 1.83. The Morgan fingerprint density at radius 2 is 1.91 bits per heavy atom. The second-order valence-corrected chi connectivity index (χ2v) is 9.19. The van der Waals surface area contributed by atoms with Gasteiger partial charge < -0.3 is 15.0 Å². The molecule has 0 radical (unpaired) electrons. The third-order valence-electron chi connectivity index (χ3n) is 6.35. The van der Waals surface area contributed by atoms with Crippen LogP contribution in [-0.2, 0) is 7.05 Å². The van der Waals surface area contributed by atoms with Crippen LogP contribution in [0.2, 0.25) is 0 Å². The number of aryl methyl sites for hydroxylation is 1.